The molecule has 1 atom stereocenters. The summed E-state index contributed by atoms with van der Waals surface area (Å²) in [5.74, 6) is -0.376. The minimum absolute atomic E-state index is 0.229. The summed E-state index contributed by atoms with van der Waals surface area (Å²) in [5.41, 5.74) is -0.417. The van der Waals surface area contributed by atoms with E-state index in [1.807, 2.05) is 0 Å². The van der Waals surface area contributed by atoms with E-state index in [4.69, 9.17) is 16.3 Å². The lowest BCUT2D eigenvalue weighted by molar-refractivity contribution is -0.134. The maximum absolute atomic E-state index is 12.7. The van der Waals surface area contributed by atoms with Gasteiger partial charge in [0.2, 0.25) is 0 Å². The number of carbonyl (C=O) groups is 2. The van der Waals surface area contributed by atoms with Crippen molar-refractivity contribution in [2.45, 2.75) is 25.6 Å². The molecule has 1 fully saturated rings. The van der Waals surface area contributed by atoms with Crippen LogP contribution in [0, 0.1) is 0 Å². The zero-order valence-corrected chi connectivity index (χ0v) is 16.1. The first-order valence-electron chi connectivity index (χ1n) is 8.13. The second kappa shape index (κ2) is 7.09. The standard InChI is InChI=1S/C17H19ClN6O3/c1-17(2)14(25)11(9-23(3)4)13(27-17)16(26)22-10-7-12(18)15(19-8-10)24-20-5-6-21-24/h5-9,13H,1-4H3,(H,22,26)/b11-9-. The fourth-order valence-corrected chi connectivity index (χ4v) is 2.90. The quantitative estimate of drug-likeness (QED) is 0.788. The number of nitrogens with zero attached hydrogens (tertiary/aromatic N) is 5. The zero-order chi connectivity index (χ0) is 19.8. The molecule has 0 saturated carbocycles. The van der Waals surface area contributed by atoms with E-state index in [-0.39, 0.29) is 10.8 Å². The van der Waals surface area contributed by atoms with Crippen molar-refractivity contribution in [2.75, 3.05) is 19.4 Å². The Morgan fingerprint density at radius 3 is 2.63 bits per heavy atom. The summed E-state index contributed by atoms with van der Waals surface area (Å²) in [7, 11) is 3.54. The van der Waals surface area contributed by atoms with E-state index in [9.17, 15) is 9.59 Å². The lowest BCUT2D eigenvalue weighted by Gasteiger charge is -2.17. The van der Waals surface area contributed by atoms with Crippen molar-refractivity contribution in [2.24, 2.45) is 0 Å². The van der Waals surface area contributed by atoms with E-state index in [1.165, 1.54) is 29.5 Å². The molecule has 0 aliphatic carbocycles. The van der Waals surface area contributed by atoms with Gasteiger partial charge in [-0.1, -0.05) is 11.6 Å². The molecule has 0 radical (unpaired) electrons. The Balaban J connectivity index is 1.82. The van der Waals surface area contributed by atoms with E-state index >= 15 is 0 Å². The molecular formula is C17H19ClN6O3. The van der Waals surface area contributed by atoms with Crippen LogP contribution in [0.1, 0.15) is 13.8 Å². The lowest BCUT2D eigenvalue weighted by atomic mass is 9.98. The molecule has 1 unspecified atom stereocenters. The van der Waals surface area contributed by atoms with E-state index in [0.29, 0.717) is 17.1 Å². The number of Topliss-reactive ketones (excluding diaryl/α,β-unsaturated/α-hetero) is 1. The first-order chi connectivity index (χ1) is 12.7. The van der Waals surface area contributed by atoms with Crippen LogP contribution >= 0.6 is 11.6 Å². The van der Waals surface area contributed by atoms with Gasteiger partial charge in [-0.25, -0.2) is 4.98 Å². The number of nitrogens with one attached hydrogen (secondary N) is 1. The van der Waals surface area contributed by atoms with Gasteiger partial charge in [-0.05, 0) is 19.9 Å². The van der Waals surface area contributed by atoms with Gasteiger partial charge >= 0.3 is 0 Å². The van der Waals surface area contributed by atoms with Crippen molar-refractivity contribution in [3.63, 3.8) is 0 Å². The number of ketones is 1. The van der Waals surface area contributed by atoms with Crippen molar-refractivity contribution in [1.82, 2.24) is 24.9 Å². The number of ether oxygens (including phenoxy) is 1. The molecule has 0 bridgehead atoms. The summed E-state index contributed by atoms with van der Waals surface area (Å²) < 4.78 is 5.69. The molecule has 2 aromatic rings. The van der Waals surface area contributed by atoms with Gasteiger partial charge in [0.15, 0.2) is 17.7 Å². The summed E-state index contributed by atoms with van der Waals surface area (Å²) >= 11 is 6.21. The molecule has 3 heterocycles. The van der Waals surface area contributed by atoms with Crippen molar-refractivity contribution in [3.8, 4) is 5.82 Å². The van der Waals surface area contributed by atoms with Crippen LogP contribution in [-0.4, -0.2) is 62.4 Å². The molecule has 3 rings (SSSR count). The molecule has 1 N–H and O–H groups in total. The summed E-state index contributed by atoms with van der Waals surface area (Å²) in [4.78, 5) is 32.4. The number of anilines is 1. The highest BCUT2D eigenvalue weighted by atomic mass is 35.5. The maximum Gasteiger partial charge on any atom is 0.258 e. The third kappa shape index (κ3) is 3.83. The van der Waals surface area contributed by atoms with Crippen LogP contribution in [0.15, 0.2) is 36.4 Å². The fourth-order valence-electron chi connectivity index (χ4n) is 2.66. The van der Waals surface area contributed by atoms with Crippen molar-refractivity contribution < 1.29 is 14.3 Å². The molecule has 2 aromatic heterocycles. The number of halogens is 1. The van der Waals surface area contributed by atoms with Crippen LogP contribution < -0.4 is 5.32 Å². The van der Waals surface area contributed by atoms with Crippen LogP contribution in [0.4, 0.5) is 5.69 Å². The van der Waals surface area contributed by atoms with Gasteiger partial charge in [-0.3, -0.25) is 9.59 Å². The summed E-state index contributed by atoms with van der Waals surface area (Å²) in [6, 6.07) is 1.53. The average Bonchev–Trinajstić information content (AvgIpc) is 3.17. The average molecular weight is 391 g/mol. The molecule has 1 amide bonds. The third-order valence-electron chi connectivity index (χ3n) is 3.84. The minimum Gasteiger partial charge on any atom is -0.383 e. The van der Waals surface area contributed by atoms with E-state index in [1.54, 1.807) is 39.0 Å². The Bertz CT molecular complexity index is 907. The molecule has 142 valence electrons. The highest BCUT2D eigenvalue weighted by molar-refractivity contribution is 6.32. The van der Waals surface area contributed by atoms with Gasteiger partial charge in [-0.2, -0.15) is 10.2 Å². The van der Waals surface area contributed by atoms with Gasteiger partial charge in [0.25, 0.3) is 5.91 Å². The summed E-state index contributed by atoms with van der Waals surface area (Å²) in [5, 5.41) is 10.9. The second-order valence-electron chi connectivity index (χ2n) is 6.72. The number of hydrogen-bond donors (Lipinski definition) is 1. The van der Waals surface area contributed by atoms with Crippen LogP contribution in [-0.2, 0) is 14.3 Å². The monoisotopic (exact) mass is 390 g/mol. The van der Waals surface area contributed by atoms with Crippen molar-refractivity contribution in [3.05, 3.63) is 41.5 Å². The minimum atomic E-state index is -1.07. The van der Waals surface area contributed by atoms with E-state index < -0.39 is 17.6 Å². The normalized spacial score (nSPS) is 20.1. The van der Waals surface area contributed by atoms with Crippen LogP contribution in [0.2, 0.25) is 5.02 Å². The zero-order valence-electron chi connectivity index (χ0n) is 15.3. The Hall–Kier alpha value is -2.78. The molecule has 0 spiro atoms. The molecule has 1 aliphatic rings. The third-order valence-corrected chi connectivity index (χ3v) is 4.12. The molecule has 10 heteroatoms. The molecule has 1 saturated heterocycles. The Morgan fingerprint density at radius 2 is 2.04 bits per heavy atom. The SMILES string of the molecule is CN(C)/C=C1\C(=O)C(C)(C)OC1C(=O)Nc1cnc(-n2nccn2)c(Cl)c1. The first kappa shape index (κ1) is 19.0. The van der Waals surface area contributed by atoms with Gasteiger partial charge in [0, 0.05) is 20.3 Å². The summed E-state index contributed by atoms with van der Waals surface area (Å²) in [6.45, 7) is 3.27. The molecule has 1 aliphatic heterocycles. The van der Waals surface area contributed by atoms with Crippen LogP contribution in [0.25, 0.3) is 5.82 Å². The number of pyridine rings is 1. The molecular weight excluding hydrogens is 372 g/mol. The predicted molar refractivity (Wildman–Crippen MR) is 98.5 cm³/mol. The highest BCUT2D eigenvalue weighted by Gasteiger charge is 2.48. The number of amides is 1. The summed E-state index contributed by atoms with van der Waals surface area (Å²) in [6.07, 6.45) is 5.00. The highest BCUT2D eigenvalue weighted by Crippen LogP contribution is 2.32. The fraction of sp³-hybridized carbons (Fsp3) is 0.353. The van der Waals surface area contributed by atoms with Gasteiger partial charge in [-0.15, -0.1) is 4.80 Å². The first-order valence-corrected chi connectivity index (χ1v) is 8.50. The number of rotatable bonds is 4. The smallest absolute Gasteiger partial charge is 0.258 e. The Labute approximate surface area is 161 Å². The lowest BCUT2D eigenvalue weighted by Crippen LogP contribution is -2.32. The number of carbonyl (C=O) groups excluding carboxylic acids is 2. The molecule has 27 heavy (non-hydrogen) atoms. The topological polar surface area (TPSA) is 102 Å². The second-order valence-corrected chi connectivity index (χ2v) is 7.13. The number of aromatic nitrogens is 4. The largest absolute Gasteiger partial charge is 0.383 e. The molecule has 0 aromatic carbocycles. The van der Waals surface area contributed by atoms with Crippen molar-refractivity contribution in [1.29, 1.82) is 0 Å². The maximum atomic E-state index is 12.7. The van der Waals surface area contributed by atoms with Crippen molar-refractivity contribution >= 4 is 29.0 Å². The van der Waals surface area contributed by atoms with Crippen LogP contribution in [0.5, 0.6) is 0 Å². The van der Waals surface area contributed by atoms with Gasteiger partial charge < -0.3 is 15.0 Å². The predicted octanol–water partition coefficient (Wildman–Crippen LogP) is 1.45. The van der Waals surface area contributed by atoms with Crippen LogP contribution in [0.3, 0.4) is 0 Å². The van der Waals surface area contributed by atoms with Gasteiger partial charge in [0.05, 0.1) is 34.9 Å². The Kier molecular flexibility index (Phi) is 4.99. The number of hydrogen-bond acceptors (Lipinski definition) is 7. The Morgan fingerprint density at radius 1 is 1.37 bits per heavy atom. The van der Waals surface area contributed by atoms with Gasteiger partial charge in [0.1, 0.15) is 5.60 Å². The van der Waals surface area contributed by atoms with E-state index in [0.717, 1.165) is 0 Å². The molecule has 9 nitrogen and oxygen atoms in total. The van der Waals surface area contributed by atoms with E-state index in [2.05, 4.69) is 20.5 Å².